The standard InChI is InChI=1S/C27H23N/c1-18(2)15-19-13-14-28-27(16-19)20-11-12-25-23-9-4-3-7-21(23)22-8-5-6-10-24(22)26(25)17-20/h3-14,16-18H,15H2,1-2H3. The molecule has 0 radical (unpaired) electrons. The highest BCUT2D eigenvalue weighted by atomic mass is 14.7. The van der Waals surface area contributed by atoms with E-state index >= 15 is 0 Å². The van der Waals surface area contributed by atoms with E-state index in [1.165, 1.54) is 43.4 Å². The SMILES string of the molecule is CC(C)Cc1ccnc(-c2ccc3c4ccccc4c4ccccc4c3c2)c1. The topological polar surface area (TPSA) is 12.9 Å². The van der Waals surface area contributed by atoms with Gasteiger partial charge in [0.2, 0.25) is 0 Å². The van der Waals surface area contributed by atoms with Crippen LogP contribution in [0, 0.1) is 5.92 Å². The Morgan fingerprint density at radius 2 is 1.21 bits per heavy atom. The first-order valence-electron chi connectivity index (χ1n) is 9.99. The van der Waals surface area contributed by atoms with Crippen LogP contribution in [0.1, 0.15) is 19.4 Å². The van der Waals surface area contributed by atoms with Gasteiger partial charge in [0, 0.05) is 11.8 Å². The second kappa shape index (κ2) is 6.76. The van der Waals surface area contributed by atoms with E-state index in [0.717, 1.165) is 12.1 Å². The molecule has 1 heteroatoms. The van der Waals surface area contributed by atoms with Gasteiger partial charge >= 0.3 is 0 Å². The fourth-order valence-corrected chi connectivity index (χ4v) is 4.30. The molecule has 0 bridgehead atoms. The average Bonchev–Trinajstić information content (AvgIpc) is 2.73. The first kappa shape index (κ1) is 16.9. The molecule has 0 aliphatic heterocycles. The van der Waals surface area contributed by atoms with Crippen molar-refractivity contribution in [2.24, 2.45) is 5.92 Å². The Morgan fingerprint density at radius 1 is 0.643 bits per heavy atom. The van der Waals surface area contributed by atoms with Crippen LogP contribution in [0.3, 0.4) is 0 Å². The summed E-state index contributed by atoms with van der Waals surface area (Å²) in [5.41, 5.74) is 3.58. The lowest BCUT2D eigenvalue weighted by Crippen LogP contribution is -1.95. The molecule has 0 spiro atoms. The van der Waals surface area contributed by atoms with Gasteiger partial charge in [-0.1, -0.05) is 74.5 Å². The first-order chi connectivity index (χ1) is 13.7. The largest absolute Gasteiger partial charge is 0.256 e. The molecule has 0 aliphatic rings. The first-order valence-corrected chi connectivity index (χ1v) is 9.99. The molecule has 0 fully saturated rings. The zero-order valence-electron chi connectivity index (χ0n) is 16.3. The summed E-state index contributed by atoms with van der Waals surface area (Å²) in [5, 5.41) is 7.83. The molecule has 0 aliphatic carbocycles. The van der Waals surface area contributed by atoms with Crippen LogP contribution < -0.4 is 0 Å². The predicted octanol–water partition coefficient (Wildman–Crippen LogP) is 7.41. The number of benzene rings is 4. The Morgan fingerprint density at radius 3 is 1.82 bits per heavy atom. The molecule has 136 valence electrons. The van der Waals surface area contributed by atoms with Gasteiger partial charge in [0.1, 0.15) is 0 Å². The summed E-state index contributed by atoms with van der Waals surface area (Å²) in [6.45, 7) is 4.51. The van der Waals surface area contributed by atoms with Crippen molar-refractivity contribution in [3.63, 3.8) is 0 Å². The van der Waals surface area contributed by atoms with Gasteiger partial charge in [-0.25, -0.2) is 0 Å². The summed E-state index contributed by atoms with van der Waals surface area (Å²) in [6, 6.07) is 28.6. The normalized spacial score (nSPS) is 11.7. The highest BCUT2D eigenvalue weighted by Crippen LogP contribution is 2.36. The van der Waals surface area contributed by atoms with Crippen molar-refractivity contribution in [2.75, 3.05) is 0 Å². The minimum Gasteiger partial charge on any atom is -0.256 e. The van der Waals surface area contributed by atoms with Gasteiger partial charge in [0.05, 0.1) is 5.69 Å². The number of hydrogen-bond donors (Lipinski definition) is 0. The Bertz CT molecular complexity index is 1280. The van der Waals surface area contributed by atoms with Crippen LogP contribution in [0.5, 0.6) is 0 Å². The van der Waals surface area contributed by atoms with E-state index in [2.05, 4.69) is 97.7 Å². The highest BCUT2D eigenvalue weighted by molar-refractivity contribution is 6.25. The molecule has 0 saturated carbocycles. The molecule has 5 aromatic rings. The summed E-state index contributed by atoms with van der Waals surface area (Å²) in [4.78, 5) is 4.67. The molecule has 1 aromatic heterocycles. The monoisotopic (exact) mass is 361 g/mol. The van der Waals surface area contributed by atoms with Crippen molar-refractivity contribution < 1.29 is 0 Å². The molecular weight excluding hydrogens is 338 g/mol. The fraction of sp³-hybridized carbons (Fsp3) is 0.148. The second-order valence-corrected chi connectivity index (χ2v) is 8.00. The lowest BCUT2D eigenvalue weighted by molar-refractivity contribution is 0.647. The number of nitrogens with zero attached hydrogens (tertiary/aromatic N) is 1. The van der Waals surface area contributed by atoms with Gasteiger partial charge in [-0.3, -0.25) is 4.98 Å². The Hall–Kier alpha value is -3.19. The smallest absolute Gasteiger partial charge is 0.0704 e. The third-order valence-electron chi connectivity index (χ3n) is 5.51. The van der Waals surface area contributed by atoms with E-state index in [1.54, 1.807) is 0 Å². The van der Waals surface area contributed by atoms with Gasteiger partial charge in [0.25, 0.3) is 0 Å². The van der Waals surface area contributed by atoms with Crippen molar-refractivity contribution in [3.05, 3.63) is 90.6 Å². The zero-order valence-corrected chi connectivity index (χ0v) is 16.3. The lowest BCUT2D eigenvalue weighted by atomic mass is 9.92. The van der Waals surface area contributed by atoms with Crippen LogP contribution in [-0.4, -0.2) is 4.98 Å². The van der Waals surface area contributed by atoms with Crippen molar-refractivity contribution in [1.29, 1.82) is 0 Å². The molecule has 1 nitrogen and oxygen atoms in total. The average molecular weight is 361 g/mol. The Balaban J connectivity index is 1.78. The maximum atomic E-state index is 4.67. The van der Waals surface area contributed by atoms with Crippen molar-refractivity contribution in [2.45, 2.75) is 20.3 Å². The third-order valence-corrected chi connectivity index (χ3v) is 5.51. The van der Waals surface area contributed by atoms with E-state index in [1.807, 2.05) is 6.20 Å². The van der Waals surface area contributed by atoms with Gasteiger partial charge in [-0.15, -0.1) is 0 Å². The molecule has 0 N–H and O–H groups in total. The van der Waals surface area contributed by atoms with Gasteiger partial charge in [0.15, 0.2) is 0 Å². The molecule has 4 aromatic carbocycles. The lowest BCUT2D eigenvalue weighted by Gasteiger charge is -2.12. The number of rotatable bonds is 3. The molecule has 0 atom stereocenters. The fourth-order valence-electron chi connectivity index (χ4n) is 4.30. The maximum Gasteiger partial charge on any atom is 0.0704 e. The minimum absolute atomic E-state index is 0.641. The molecule has 5 rings (SSSR count). The van der Waals surface area contributed by atoms with Gasteiger partial charge in [-0.05, 0) is 68.4 Å². The summed E-state index contributed by atoms with van der Waals surface area (Å²) in [6.07, 6.45) is 3.02. The van der Waals surface area contributed by atoms with Crippen molar-refractivity contribution >= 4 is 32.3 Å². The molecule has 1 heterocycles. The van der Waals surface area contributed by atoms with E-state index in [-0.39, 0.29) is 0 Å². The van der Waals surface area contributed by atoms with Gasteiger partial charge in [-0.2, -0.15) is 0 Å². The van der Waals surface area contributed by atoms with Crippen LogP contribution in [0.2, 0.25) is 0 Å². The number of hydrogen-bond acceptors (Lipinski definition) is 1. The molecule has 28 heavy (non-hydrogen) atoms. The maximum absolute atomic E-state index is 4.67. The molecular formula is C27H23N. The Kier molecular flexibility index (Phi) is 4.09. The van der Waals surface area contributed by atoms with Crippen LogP contribution in [0.25, 0.3) is 43.6 Å². The predicted molar refractivity (Wildman–Crippen MR) is 121 cm³/mol. The van der Waals surface area contributed by atoms with E-state index in [4.69, 9.17) is 0 Å². The summed E-state index contributed by atoms with van der Waals surface area (Å²) >= 11 is 0. The van der Waals surface area contributed by atoms with Crippen LogP contribution in [-0.2, 0) is 6.42 Å². The summed E-state index contributed by atoms with van der Waals surface area (Å²) < 4.78 is 0. The van der Waals surface area contributed by atoms with Crippen LogP contribution in [0.4, 0.5) is 0 Å². The van der Waals surface area contributed by atoms with Crippen LogP contribution >= 0.6 is 0 Å². The Labute approximate surface area is 165 Å². The molecule has 0 saturated heterocycles. The van der Waals surface area contributed by atoms with E-state index in [0.29, 0.717) is 5.92 Å². The molecule has 0 amide bonds. The number of fused-ring (bicyclic) bond motifs is 6. The van der Waals surface area contributed by atoms with E-state index in [9.17, 15) is 0 Å². The second-order valence-electron chi connectivity index (χ2n) is 8.00. The number of aromatic nitrogens is 1. The molecule has 0 unspecified atom stereocenters. The van der Waals surface area contributed by atoms with Gasteiger partial charge < -0.3 is 0 Å². The zero-order chi connectivity index (χ0) is 19.1. The van der Waals surface area contributed by atoms with Crippen molar-refractivity contribution in [1.82, 2.24) is 4.98 Å². The van der Waals surface area contributed by atoms with Crippen LogP contribution in [0.15, 0.2) is 85.1 Å². The third kappa shape index (κ3) is 2.84. The summed E-state index contributed by atoms with van der Waals surface area (Å²) in [7, 11) is 0. The van der Waals surface area contributed by atoms with Crippen molar-refractivity contribution in [3.8, 4) is 11.3 Å². The number of pyridine rings is 1. The summed E-state index contributed by atoms with van der Waals surface area (Å²) in [5.74, 6) is 0.641. The van der Waals surface area contributed by atoms with E-state index < -0.39 is 0 Å². The minimum atomic E-state index is 0.641. The highest BCUT2D eigenvalue weighted by Gasteiger charge is 2.10. The quantitative estimate of drug-likeness (QED) is 0.305.